The highest BCUT2D eigenvalue weighted by atomic mass is 16.2. The number of fused-ring (bicyclic) bond motifs is 1. The lowest BCUT2D eigenvalue weighted by Gasteiger charge is -2.31. The Labute approximate surface area is 170 Å². The lowest BCUT2D eigenvalue weighted by molar-refractivity contribution is -0.138. The zero-order valence-corrected chi connectivity index (χ0v) is 16.6. The number of piperazine rings is 1. The summed E-state index contributed by atoms with van der Waals surface area (Å²) in [6.07, 6.45) is 1.19. The first kappa shape index (κ1) is 19.2. The fourth-order valence-electron chi connectivity index (χ4n) is 4.49. The number of likely N-dealkylation sites (N-methyl/N-ethyl adjacent to an activating group) is 1. The van der Waals surface area contributed by atoms with Gasteiger partial charge >= 0.3 is 0 Å². The fraction of sp³-hybridized carbons (Fsp3) is 0.348. The molecule has 2 aliphatic rings. The van der Waals surface area contributed by atoms with Crippen molar-refractivity contribution in [3.8, 4) is 0 Å². The molecule has 2 aliphatic heterocycles. The van der Waals surface area contributed by atoms with Crippen LogP contribution >= 0.6 is 0 Å². The normalized spacial score (nSPS) is 21.1. The number of nitrogens with one attached hydrogen (secondary N) is 1. The van der Waals surface area contributed by atoms with Crippen LogP contribution in [0.2, 0.25) is 0 Å². The third kappa shape index (κ3) is 3.50. The largest absolute Gasteiger partial charge is 0.353 e. The minimum atomic E-state index is -0.777. The molecule has 0 unspecified atom stereocenters. The van der Waals surface area contributed by atoms with Crippen LogP contribution in [0.3, 0.4) is 0 Å². The van der Waals surface area contributed by atoms with Gasteiger partial charge in [0.1, 0.15) is 0 Å². The summed E-state index contributed by atoms with van der Waals surface area (Å²) in [7, 11) is 1.80. The van der Waals surface area contributed by atoms with Crippen LogP contribution in [-0.4, -0.2) is 49.3 Å². The zero-order chi connectivity index (χ0) is 20.4. The van der Waals surface area contributed by atoms with E-state index < -0.39 is 5.41 Å². The minimum absolute atomic E-state index is 0.0201. The van der Waals surface area contributed by atoms with Gasteiger partial charge in [-0.15, -0.1) is 0 Å². The van der Waals surface area contributed by atoms with Gasteiger partial charge in [0.15, 0.2) is 0 Å². The van der Waals surface area contributed by atoms with Crippen LogP contribution in [-0.2, 0) is 26.2 Å². The summed E-state index contributed by atoms with van der Waals surface area (Å²) < 4.78 is 0. The summed E-state index contributed by atoms with van der Waals surface area (Å²) >= 11 is 0. The standard InChI is InChI=1S/C23H25N3O3/c1-25-19-10-6-5-9-18(19)23(22(25)29,15-17-7-3-2-4-8-17)12-11-21(28)26-14-13-24-20(27)16-26/h2-10H,11-16H2,1H3,(H,24,27)/t23-/m1/s1. The van der Waals surface area contributed by atoms with E-state index in [0.29, 0.717) is 25.9 Å². The van der Waals surface area contributed by atoms with Gasteiger partial charge in [0.2, 0.25) is 17.7 Å². The average molecular weight is 391 g/mol. The van der Waals surface area contributed by atoms with Gasteiger partial charge in [-0.25, -0.2) is 0 Å². The number of carbonyl (C=O) groups is 3. The van der Waals surface area contributed by atoms with Crippen LogP contribution in [0, 0.1) is 0 Å². The van der Waals surface area contributed by atoms with E-state index >= 15 is 0 Å². The molecule has 1 saturated heterocycles. The van der Waals surface area contributed by atoms with E-state index in [4.69, 9.17) is 0 Å². The molecule has 0 aliphatic carbocycles. The molecule has 0 aromatic heterocycles. The predicted octanol–water partition coefficient (Wildman–Crippen LogP) is 1.88. The van der Waals surface area contributed by atoms with Crippen LogP contribution in [0.5, 0.6) is 0 Å². The summed E-state index contributed by atoms with van der Waals surface area (Å²) in [6.45, 7) is 1.08. The Morgan fingerprint density at radius 2 is 1.79 bits per heavy atom. The molecule has 1 N–H and O–H groups in total. The van der Waals surface area contributed by atoms with Crippen molar-refractivity contribution in [2.75, 3.05) is 31.6 Å². The quantitative estimate of drug-likeness (QED) is 0.846. The molecule has 0 spiro atoms. The molecule has 0 bridgehead atoms. The summed E-state index contributed by atoms with van der Waals surface area (Å²) in [5.41, 5.74) is 2.16. The van der Waals surface area contributed by atoms with Crippen molar-refractivity contribution in [1.29, 1.82) is 0 Å². The molecule has 6 nitrogen and oxygen atoms in total. The predicted molar refractivity (Wildman–Crippen MR) is 110 cm³/mol. The van der Waals surface area contributed by atoms with Gasteiger partial charge in [0.25, 0.3) is 0 Å². The van der Waals surface area contributed by atoms with Gasteiger partial charge in [-0.05, 0) is 30.0 Å². The Morgan fingerprint density at radius 1 is 1.07 bits per heavy atom. The number of rotatable bonds is 5. The van der Waals surface area contributed by atoms with E-state index in [2.05, 4.69) is 5.32 Å². The highest BCUT2D eigenvalue weighted by Gasteiger charge is 2.49. The summed E-state index contributed by atoms with van der Waals surface area (Å²) in [5.74, 6) is -0.190. The van der Waals surface area contributed by atoms with Gasteiger partial charge in [0, 0.05) is 32.2 Å². The molecule has 1 fully saturated rings. The van der Waals surface area contributed by atoms with Gasteiger partial charge in [-0.1, -0.05) is 48.5 Å². The second-order valence-corrected chi connectivity index (χ2v) is 7.79. The van der Waals surface area contributed by atoms with Crippen molar-refractivity contribution in [1.82, 2.24) is 10.2 Å². The third-order valence-electron chi connectivity index (χ3n) is 6.00. The Kier molecular flexibility index (Phi) is 5.09. The smallest absolute Gasteiger partial charge is 0.239 e. The number of hydrogen-bond donors (Lipinski definition) is 1. The zero-order valence-electron chi connectivity index (χ0n) is 16.6. The van der Waals surface area contributed by atoms with E-state index in [1.807, 2.05) is 54.6 Å². The highest BCUT2D eigenvalue weighted by molar-refractivity contribution is 6.08. The molecule has 2 heterocycles. The maximum Gasteiger partial charge on any atom is 0.239 e. The Morgan fingerprint density at radius 3 is 2.55 bits per heavy atom. The van der Waals surface area contributed by atoms with Crippen molar-refractivity contribution in [2.24, 2.45) is 0 Å². The Balaban J connectivity index is 1.64. The topological polar surface area (TPSA) is 69.7 Å². The maximum absolute atomic E-state index is 13.5. The van der Waals surface area contributed by atoms with Gasteiger partial charge in [0.05, 0.1) is 12.0 Å². The molecule has 3 amide bonds. The first-order valence-electron chi connectivity index (χ1n) is 9.97. The average Bonchev–Trinajstić information content (AvgIpc) is 2.95. The fourth-order valence-corrected chi connectivity index (χ4v) is 4.49. The van der Waals surface area contributed by atoms with Crippen molar-refractivity contribution in [2.45, 2.75) is 24.7 Å². The lowest BCUT2D eigenvalue weighted by atomic mass is 9.73. The van der Waals surface area contributed by atoms with Gasteiger partial charge in [-0.2, -0.15) is 0 Å². The number of para-hydroxylation sites is 1. The monoisotopic (exact) mass is 391 g/mol. The molecule has 0 radical (unpaired) electrons. The highest BCUT2D eigenvalue weighted by Crippen LogP contribution is 2.46. The number of carbonyl (C=O) groups excluding carboxylic acids is 3. The molecule has 1 atom stereocenters. The van der Waals surface area contributed by atoms with Crippen LogP contribution in [0.25, 0.3) is 0 Å². The number of benzene rings is 2. The van der Waals surface area contributed by atoms with Crippen molar-refractivity contribution in [3.05, 3.63) is 65.7 Å². The second kappa shape index (κ2) is 7.70. The van der Waals surface area contributed by atoms with E-state index in [-0.39, 0.29) is 30.7 Å². The summed E-state index contributed by atoms with van der Waals surface area (Å²) in [4.78, 5) is 41.2. The van der Waals surface area contributed by atoms with Crippen LogP contribution in [0.1, 0.15) is 24.0 Å². The molecular weight excluding hydrogens is 366 g/mol. The molecule has 4 rings (SSSR count). The molecule has 29 heavy (non-hydrogen) atoms. The molecule has 150 valence electrons. The van der Waals surface area contributed by atoms with E-state index in [1.54, 1.807) is 16.8 Å². The molecular formula is C23H25N3O3. The maximum atomic E-state index is 13.5. The number of hydrogen-bond acceptors (Lipinski definition) is 3. The van der Waals surface area contributed by atoms with E-state index in [0.717, 1.165) is 16.8 Å². The first-order valence-corrected chi connectivity index (χ1v) is 9.97. The van der Waals surface area contributed by atoms with Crippen molar-refractivity contribution >= 4 is 23.4 Å². The van der Waals surface area contributed by atoms with Crippen molar-refractivity contribution < 1.29 is 14.4 Å². The molecule has 6 heteroatoms. The van der Waals surface area contributed by atoms with E-state index in [1.165, 1.54) is 0 Å². The third-order valence-corrected chi connectivity index (χ3v) is 6.00. The molecule has 2 aromatic carbocycles. The number of nitrogens with zero attached hydrogens (tertiary/aromatic N) is 2. The van der Waals surface area contributed by atoms with Gasteiger partial charge in [-0.3, -0.25) is 14.4 Å². The minimum Gasteiger partial charge on any atom is -0.353 e. The van der Waals surface area contributed by atoms with Crippen LogP contribution < -0.4 is 10.2 Å². The second-order valence-electron chi connectivity index (χ2n) is 7.79. The lowest BCUT2D eigenvalue weighted by Crippen LogP contribution is -2.50. The molecule has 2 aromatic rings. The van der Waals surface area contributed by atoms with Crippen molar-refractivity contribution in [3.63, 3.8) is 0 Å². The van der Waals surface area contributed by atoms with E-state index in [9.17, 15) is 14.4 Å². The number of amides is 3. The van der Waals surface area contributed by atoms with Gasteiger partial charge < -0.3 is 15.1 Å². The first-order chi connectivity index (χ1) is 14.0. The van der Waals surface area contributed by atoms with Crippen LogP contribution in [0.15, 0.2) is 54.6 Å². The SMILES string of the molecule is CN1C(=O)[C@](CCC(=O)N2CCNC(=O)C2)(Cc2ccccc2)c2ccccc21. The Hall–Kier alpha value is -3.15. The van der Waals surface area contributed by atoms with Crippen LogP contribution in [0.4, 0.5) is 5.69 Å². The Bertz CT molecular complexity index is 943. The summed E-state index contributed by atoms with van der Waals surface area (Å²) in [6, 6.07) is 17.8. The summed E-state index contributed by atoms with van der Waals surface area (Å²) in [5, 5.41) is 2.74. The molecule has 0 saturated carbocycles. The number of anilines is 1.